The molecule has 7 heteroatoms. The molecule has 1 saturated heterocycles. The highest BCUT2D eigenvalue weighted by Gasteiger charge is 2.43. The number of nitrogens with zero attached hydrogens (tertiary/aromatic N) is 3. The molecule has 1 unspecified atom stereocenters. The highest BCUT2D eigenvalue weighted by molar-refractivity contribution is 6.23. The first kappa shape index (κ1) is 14.2. The van der Waals surface area contributed by atoms with Crippen molar-refractivity contribution in [1.82, 2.24) is 9.78 Å². The largest absolute Gasteiger partial charge is 0.384 e. The Morgan fingerprint density at radius 2 is 2.00 bits per heavy atom. The number of imide groups is 1. The van der Waals surface area contributed by atoms with Gasteiger partial charge in [0.05, 0.1) is 17.3 Å². The quantitative estimate of drug-likeness (QED) is 0.852. The number of rotatable bonds is 2. The molecular formula is C15H15FN4O2. The Balaban J connectivity index is 2.04. The number of halogens is 1. The minimum Gasteiger partial charge on any atom is -0.384 e. The lowest BCUT2D eigenvalue weighted by atomic mass is 9.97. The van der Waals surface area contributed by atoms with Crippen LogP contribution in [0.5, 0.6) is 0 Å². The average molecular weight is 302 g/mol. The zero-order valence-electron chi connectivity index (χ0n) is 12.2. The molecule has 0 radical (unpaired) electrons. The molecule has 1 fully saturated rings. The van der Waals surface area contributed by atoms with E-state index in [2.05, 4.69) is 5.10 Å². The highest BCUT2D eigenvalue weighted by atomic mass is 19.1. The molecule has 2 aromatic rings. The van der Waals surface area contributed by atoms with Crippen LogP contribution < -0.4 is 10.6 Å². The van der Waals surface area contributed by atoms with E-state index in [-0.39, 0.29) is 12.1 Å². The zero-order chi connectivity index (χ0) is 16.0. The summed E-state index contributed by atoms with van der Waals surface area (Å²) in [4.78, 5) is 25.7. The van der Waals surface area contributed by atoms with Crippen LogP contribution in [0.3, 0.4) is 0 Å². The van der Waals surface area contributed by atoms with E-state index in [9.17, 15) is 14.0 Å². The van der Waals surface area contributed by atoms with Gasteiger partial charge in [-0.05, 0) is 19.1 Å². The van der Waals surface area contributed by atoms with Crippen LogP contribution in [0.15, 0.2) is 24.3 Å². The van der Waals surface area contributed by atoms with Crippen molar-refractivity contribution in [1.29, 1.82) is 0 Å². The fourth-order valence-electron chi connectivity index (χ4n) is 2.87. The van der Waals surface area contributed by atoms with Gasteiger partial charge in [-0.2, -0.15) is 5.10 Å². The number of carbonyl (C=O) groups is 2. The number of nitrogens with two attached hydrogens (primary N) is 1. The smallest absolute Gasteiger partial charge is 0.242 e. The predicted octanol–water partition coefficient (Wildman–Crippen LogP) is 1.50. The first-order chi connectivity index (χ1) is 10.4. The molecule has 0 bridgehead atoms. The van der Waals surface area contributed by atoms with E-state index < -0.39 is 23.5 Å². The third-order valence-corrected chi connectivity index (χ3v) is 3.90. The topological polar surface area (TPSA) is 81.2 Å². The van der Waals surface area contributed by atoms with E-state index in [0.717, 1.165) is 4.90 Å². The summed E-state index contributed by atoms with van der Waals surface area (Å²) >= 11 is 0. The van der Waals surface area contributed by atoms with Crippen LogP contribution in [0.25, 0.3) is 0 Å². The Hall–Kier alpha value is -2.70. The van der Waals surface area contributed by atoms with Crippen LogP contribution in [-0.2, 0) is 16.6 Å². The number of hydrogen-bond donors (Lipinski definition) is 1. The molecule has 2 heterocycles. The molecule has 6 nitrogen and oxygen atoms in total. The van der Waals surface area contributed by atoms with Crippen LogP contribution in [0.2, 0.25) is 0 Å². The van der Waals surface area contributed by atoms with Crippen LogP contribution in [0, 0.1) is 12.7 Å². The van der Waals surface area contributed by atoms with Crippen molar-refractivity contribution in [3.8, 4) is 0 Å². The second-order valence-electron chi connectivity index (χ2n) is 5.28. The van der Waals surface area contributed by atoms with Crippen molar-refractivity contribution in [2.75, 3.05) is 10.6 Å². The lowest BCUT2D eigenvalue weighted by molar-refractivity contribution is -0.121. The molecule has 1 aliphatic heterocycles. The van der Waals surface area contributed by atoms with E-state index in [1.54, 1.807) is 20.0 Å². The average Bonchev–Trinajstić information content (AvgIpc) is 2.88. The van der Waals surface area contributed by atoms with Gasteiger partial charge in [0.2, 0.25) is 11.8 Å². The maximum atomic E-state index is 13.9. The minimum absolute atomic E-state index is 0.0277. The van der Waals surface area contributed by atoms with Crippen molar-refractivity contribution in [3.63, 3.8) is 0 Å². The monoisotopic (exact) mass is 302 g/mol. The number of nitrogen functional groups attached to an aromatic ring is 1. The summed E-state index contributed by atoms with van der Waals surface area (Å²) in [5.41, 5.74) is 7.06. The molecule has 22 heavy (non-hydrogen) atoms. The van der Waals surface area contributed by atoms with Gasteiger partial charge in [0.1, 0.15) is 11.6 Å². The SMILES string of the molecule is Cc1nn(C)c(N)c1C1CC(=O)N(c2ccccc2F)C1=O. The lowest BCUT2D eigenvalue weighted by Gasteiger charge is -2.15. The van der Waals surface area contributed by atoms with Crippen LogP contribution in [-0.4, -0.2) is 21.6 Å². The Kier molecular flexibility index (Phi) is 3.20. The highest BCUT2D eigenvalue weighted by Crippen LogP contribution is 2.37. The van der Waals surface area contributed by atoms with Crippen molar-refractivity contribution in [2.24, 2.45) is 7.05 Å². The number of benzene rings is 1. The predicted molar refractivity (Wildman–Crippen MR) is 78.6 cm³/mol. The van der Waals surface area contributed by atoms with E-state index in [0.29, 0.717) is 17.1 Å². The molecular weight excluding hydrogens is 287 g/mol. The minimum atomic E-state index is -0.721. The Bertz CT molecular complexity index is 784. The maximum Gasteiger partial charge on any atom is 0.242 e. The van der Waals surface area contributed by atoms with Crippen molar-refractivity contribution < 1.29 is 14.0 Å². The second-order valence-corrected chi connectivity index (χ2v) is 5.28. The molecule has 2 amide bonds. The molecule has 0 saturated carbocycles. The molecule has 1 aromatic carbocycles. The van der Waals surface area contributed by atoms with Crippen LogP contribution >= 0.6 is 0 Å². The van der Waals surface area contributed by atoms with Crippen molar-refractivity contribution in [3.05, 3.63) is 41.3 Å². The van der Waals surface area contributed by atoms with Gasteiger partial charge in [-0.25, -0.2) is 9.29 Å². The third kappa shape index (κ3) is 1.97. The second kappa shape index (κ2) is 4.94. The summed E-state index contributed by atoms with van der Waals surface area (Å²) in [7, 11) is 1.67. The summed E-state index contributed by atoms with van der Waals surface area (Å²) in [5.74, 6) is -1.90. The molecule has 1 aliphatic rings. The van der Waals surface area contributed by atoms with Gasteiger partial charge >= 0.3 is 0 Å². The zero-order valence-corrected chi connectivity index (χ0v) is 12.2. The first-order valence-electron chi connectivity index (χ1n) is 6.82. The fourth-order valence-corrected chi connectivity index (χ4v) is 2.87. The molecule has 1 atom stereocenters. The Labute approximate surface area is 126 Å². The van der Waals surface area contributed by atoms with Crippen LogP contribution in [0.1, 0.15) is 23.6 Å². The molecule has 0 aliphatic carbocycles. The molecule has 2 N–H and O–H groups in total. The third-order valence-electron chi connectivity index (χ3n) is 3.90. The summed E-state index contributed by atoms with van der Waals surface area (Å²) in [5, 5.41) is 4.17. The Morgan fingerprint density at radius 3 is 2.59 bits per heavy atom. The summed E-state index contributed by atoms with van der Waals surface area (Å²) in [6.07, 6.45) is -0.0378. The van der Waals surface area contributed by atoms with Crippen molar-refractivity contribution in [2.45, 2.75) is 19.3 Å². The molecule has 1 aromatic heterocycles. The number of hydrogen-bond acceptors (Lipinski definition) is 4. The molecule has 0 spiro atoms. The summed E-state index contributed by atoms with van der Waals surface area (Å²) < 4.78 is 15.4. The van der Waals surface area contributed by atoms with Gasteiger partial charge in [0.15, 0.2) is 0 Å². The molecule has 3 rings (SSSR count). The van der Waals surface area contributed by atoms with Gasteiger partial charge in [-0.15, -0.1) is 0 Å². The lowest BCUT2D eigenvalue weighted by Crippen LogP contribution is -2.31. The van der Waals surface area contributed by atoms with E-state index >= 15 is 0 Å². The van der Waals surface area contributed by atoms with E-state index in [1.165, 1.54) is 22.9 Å². The number of aromatic nitrogens is 2. The van der Waals surface area contributed by atoms with E-state index in [1.807, 2.05) is 0 Å². The molecule has 114 valence electrons. The van der Waals surface area contributed by atoms with Gasteiger partial charge in [0.25, 0.3) is 0 Å². The summed E-state index contributed by atoms with van der Waals surface area (Å²) in [6.45, 7) is 1.73. The normalized spacial score (nSPS) is 18.3. The number of anilines is 2. The number of aryl methyl sites for hydroxylation is 2. The van der Waals surface area contributed by atoms with Gasteiger partial charge in [-0.3, -0.25) is 14.3 Å². The maximum absolute atomic E-state index is 13.9. The van der Waals surface area contributed by atoms with E-state index in [4.69, 9.17) is 5.73 Å². The number of carbonyl (C=O) groups excluding carboxylic acids is 2. The number of para-hydroxylation sites is 1. The number of amides is 2. The fraction of sp³-hybridized carbons (Fsp3) is 0.267. The van der Waals surface area contributed by atoms with Crippen molar-refractivity contribution >= 4 is 23.3 Å². The van der Waals surface area contributed by atoms with Gasteiger partial charge in [0, 0.05) is 19.0 Å². The van der Waals surface area contributed by atoms with Gasteiger partial charge in [-0.1, -0.05) is 12.1 Å². The first-order valence-corrected chi connectivity index (χ1v) is 6.82. The standard InChI is InChI=1S/C15H15FN4O2/c1-8-13(14(17)19(2)18-8)9-7-12(21)20(15(9)22)11-6-4-3-5-10(11)16/h3-6,9H,7,17H2,1-2H3. The Morgan fingerprint density at radius 1 is 1.32 bits per heavy atom. The van der Waals surface area contributed by atoms with Gasteiger partial charge < -0.3 is 5.73 Å². The van der Waals surface area contributed by atoms with Crippen LogP contribution in [0.4, 0.5) is 15.9 Å². The summed E-state index contributed by atoms with van der Waals surface area (Å²) in [6, 6.07) is 5.71.